The van der Waals surface area contributed by atoms with Gasteiger partial charge in [-0.2, -0.15) is 0 Å². The van der Waals surface area contributed by atoms with Crippen molar-refractivity contribution in [2.24, 2.45) is 5.41 Å². The van der Waals surface area contributed by atoms with Crippen molar-refractivity contribution in [3.63, 3.8) is 0 Å². The molecule has 0 saturated carbocycles. The average Bonchev–Trinajstić information content (AvgIpc) is 2.52. The quantitative estimate of drug-likeness (QED) is 0.479. The summed E-state index contributed by atoms with van der Waals surface area (Å²) in [6.07, 6.45) is 0.872. The SMILES string of the molecule is CC(C)(CBr)Cc1ccc([N+](=O)[O-])s1. The molecule has 1 aromatic rings. The largest absolute Gasteiger partial charge is 0.324 e. The van der Waals surface area contributed by atoms with E-state index in [1.165, 1.54) is 11.3 Å². The second-order valence-corrected chi connectivity index (χ2v) is 5.68. The molecule has 5 heteroatoms. The van der Waals surface area contributed by atoms with Crippen LogP contribution in [0.15, 0.2) is 12.1 Å². The van der Waals surface area contributed by atoms with Gasteiger partial charge in [0.2, 0.25) is 0 Å². The Labute approximate surface area is 95.4 Å². The van der Waals surface area contributed by atoms with Crippen molar-refractivity contribution in [2.75, 3.05) is 5.33 Å². The van der Waals surface area contributed by atoms with Crippen molar-refractivity contribution in [3.05, 3.63) is 27.1 Å². The number of hydrogen-bond donors (Lipinski definition) is 0. The minimum absolute atomic E-state index is 0.152. The lowest BCUT2D eigenvalue weighted by Gasteiger charge is -2.19. The Balaban J connectivity index is 2.73. The first-order chi connectivity index (χ1) is 6.44. The molecule has 0 fully saturated rings. The molecule has 1 rings (SSSR count). The lowest BCUT2D eigenvalue weighted by molar-refractivity contribution is -0.380. The Morgan fingerprint density at radius 1 is 1.57 bits per heavy atom. The highest BCUT2D eigenvalue weighted by Gasteiger charge is 2.19. The number of hydrogen-bond acceptors (Lipinski definition) is 3. The minimum atomic E-state index is -0.338. The van der Waals surface area contributed by atoms with E-state index in [4.69, 9.17) is 0 Å². The Morgan fingerprint density at radius 2 is 2.21 bits per heavy atom. The molecule has 78 valence electrons. The number of nitro groups is 1. The fourth-order valence-corrected chi connectivity index (χ4v) is 2.36. The third-order valence-electron chi connectivity index (χ3n) is 1.84. The van der Waals surface area contributed by atoms with E-state index in [1.54, 1.807) is 6.07 Å². The van der Waals surface area contributed by atoms with E-state index in [0.29, 0.717) is 0 Å². The Morgan fingerprint density at radius 3 is 2.64 bits per heavy atom. The van der Waals surface area contributed by atoms with Crippen LogP contribution in [0.25, 0.3) is 0 Å². The molecule has 0 bridgehead atoms. The molecule has 14 heavy (non-hydrogen) atoms. The van der Waals surface area contributed by atoms with Gasteiger partial charge in [0.05, 0.1) is 4.92 Å². The number of nitrogens with zero attached hydrogens (tertiary/aromatic N) is 1. The van der Waals surface area contributed by atoms with Crippen LogP contribution < -0.4 is 0 Å². The summed E-state index contributed by atoms with van der Waals surface area (Å²) < 4.78 is 0. The molecular formula is C9H12BrNO2S. The van der Waals surface area contributed by atoms with Crippen LogP contribution >= 0.6 is 27.3 Å². The molecule has 0 saturated heterocycles. The van der Waals surface area contributed by atoms with Crippen LogP contribution in [0.2, 0.25) is 0 Å². The predicted octanol–water partition coefficient (Wildman–Crippen LogP) is 3.62. The molecule has 0 unspecified atom stereocenters. The highest BCUT2D eigenvalue weighted by molar-refractivity contribution is 9.09. The number of alkyl halides is 1. The molecule has 0 aliphatic carbocycles. The first-order valence-corrected chi connectivity index (χ1v) is 6.17. The van der Waals surface area contributed by atoms with E-state index in [9.17, 15) is 10.1 Å². The summed E-state index contributed by atoms with van der Waals surface area (Å²) in [7, 11) is 0. The topological polar surface area (TPSA) is 43.1 Å². The average molecular weight is 278 g/mol. The van der Waals surface area contributed by atoms with E-state index in [0.717, 1.165) is 16.6 Å². The minimum Gasteiger partial charge on any atom is -0.258 e. The Kier molecular flexibility index (Phi) is 3.66. The molecule has 1 aromatic heterocycles. The van der Waals surface area contributed by atoms with Gasteiger partial charge in [0, 0.05) is 16.3 Å². The summed E-state index contributed by atoms with van der Waals surface area (Å²) in [5.74, 6) is 0. The fourth-order valence-electron chi connectivity index (χ4n) is 1.08. The van der Waals surface area contributed by atoms with Crippen molar-refractivity contribution < 1.29 is 4.92 Å². The van der Waals surface area contributed by atoms with Crippen molar-refractivity contribution in [1.29, 1.82) is 0 Å². The summed E-state index contributed by atoms with van der Waals surface area (Å²) in [5.41, 5.74) is 0.152. The normalized spacial score (nSPS) is 11.6. The highest BCUT2D eigenvalue weighted by atomic mass is 79.9. The highest BCUT2D eigenvalue weighted by Crippen LogP contribution is 2.31. The van der Waals surface area contributed by atoms with Gasteiger partial charge in [0.15, 0.2) is 0 Å². The molecule has 0 atom stereocenters. The number of rotatable bonds is 4. The van der Waals surface area contributed by atoms with Crippen LogP contribution in [0, 0.1) is 15.5 Å². The molecule has 0 amide bonds. The maximum Gasteiger partial charge on any atom is 0.324 e. The summed E-state index contributed by atoms with van der Waals surface area (Å²) in [5, 5.41) is 11.6. The van der Waals surface area contributed by atoms with E-state index in [2.05, 4.69) is 29.8 Å². The zero-order valence-corrected chi connectivity index (χ0v) is 10.5. The molecule has 1 heterocycles. The third kappa shape index (κ3) is 3.06. The van der Waals surface area contributed by atoms with Gasteiger partial charge in [-0.1, -0.05) is 41.1 Å². The summed E-state index contributed by atoms with van der Waals surface area (Å²) in [6, 6.07) is 3.41. The Bertz CT molecular complexity index is 335. The lowest BCUT2D eigenvalue weighted by atomic mass is 9.91. The maximum atomic E-state index is 10.5. The molecule has 0 N–H and O–H groups in total. The van der Waals surface area contributed by atoms with E-state index in [-0.39, 0.29) is 15.3 Å². The standard InChI is InChI=1S/C9H12BrNO2S/c1-9(2,6-10)5-7-3-4-8(14-7)11(12)13/h3-4H,5-6H2,1-2H3. The van der Waals surface area contributed by atoms with Crippen LogP contribution in [0.4, 0.5) is 5.00 Å². The van der Waals surface area contributed by atoms with Crippen LogP contribution in [-0.2, 0) is 6.42 Å². The van der Waals surface area contributed by atoms with Gasteiger partial charge in [-0.15, -0.1) is 0 Å². The molecule has 0 radical (unpaired) electrons. The van der Waals surface area contributed by atoms with Crippen LogP contribution in [0.3, 0.4) is 0 Å². The van der Waals surface area contributed by atoms with Crippen molar-refractivity contribution in [1.82, 2.24) is 0 Å². The number of thiophene rings is 1. The van der Waals surface area contributed by atoms with Gasteiger partial charge in [0.1, 0.15) is 0 Å². The van der Waals surface area contributed by atoms with Crippen LogP contribution in [-0.4, -0.2) is 10.3 Å². The third-order valence-corrected chi connectivity index (χ3v) is 4.40. The molecule has 3 nitrogen and oxygen atoms in total. The van der Waals surface area contributed by atoms with Gasteiger partial charge in [-0.25, -0.2) is 0 Å². The zero-order valence-electron chi connectivity index (χ0n) is 8.12. The number of halogens is 1. The van der Waals surface area contributed by atoms with Gasteiger partial charge in [0.25, 0.3) is 0 Å². The molecular weight excluding hydrogens is 266 g/mol. The lowest BCUT2D eigenvalue weighted by Crippen LogP contribution is -2.15. The molecule has 0 aromatic carbocycles. The van der Waals surface area contributed by atoms with Gasteiger partial charge in [-0.05, 0) is 17.9 Å². The molecule has 0 aliphatic rings. The van der Waals surface area contributed by atoms with Crippen molar-refractivity contribution in [3.8, 4) is 0 Å². The summed E-state index contributed by atoms with van der Waals surface area (Å²) >= 11 is 4.70. The van der Waals surface area contributed by atoms with E-state index >= 15 is 0 Å². The van der Waals surface area contributed by atoms with Crippen molar-refractivity contribution in [2.45, 2.75) is 20.3 Å². The van der Waals surface area contributed by atoms with E-state index < -0.39 is 0 Å². The second kappa shape index (κ2) is 4.40. The first kappa shape index (κ1) is 11.7. The van der Waals surface area contributed by atoms with Gasteiger partial charge in [-0.3, -0.25) is 10.1 Å². The van der Waals surface area contributed by atoms with Crippen molar-refractivity contribution >= 4 is 32.3 Å². The second-order valence-electron chi connectivity index (χ2n) is 3.97. The summed E-state index contributed by atoms with van der Waals surface area (Å²) in [4.78, 5) is 11.2. The van der Waals surface area contributed by atoms with E-state index in [1.807, 2.05) is 6.07 Å². The predicted molar refractivity (Wildman–Crippen MR) is 62.3 cm³/mol. The van der Waals surface area contributed by atoms with Gasteiger partial charge >= 0.3 is 5.00 Å². The Hall–Kier alpha value is -0.420. The van der Waals surface area contributed by atoms with Crippen LogP contribution in [0.5, 0.6) is 0 Å². The fraction of sp³-hybridized carbons (Fsp3) is 0.556. The first-order valence-electron chi connectivity index (χ1n) is 4.24. The van der Waals surface area contributed by atoms with Gasteiger partial charge < -0.3 is 0 Å². The molecule has 0 spiro atoms. The smallest absolute Gasteiger partial charge is 0.258 e. The zero-order chi connectivity index (χ0) is 10.8. The maximum absolute atomic E-state index is 10.5. The van der Waals surface area contributed by atoms with Crippen LogP contribution in [0.1, 0.15) is 18.7 Å². The molecule has 0 aliphatic heterocycles. The summed E-state index contributed by atoms with van der Waals surface area (Å²) in [6.45, 7) is 4.26. The monoisotopic (exact) mass is 277 g/mol.